The second-order valence-corrected chi connectivity index (χ2v) is 12.3. The molecule has 2 saturated heterocycles. The number of fused-ring (bicyclic) bond motifs is 1. The third-order valence-electron chi connectivity index (χ3n) is 8.00. The number of benzene rings is 1. The lowest BCUT2D eigenvalue weighted by Crippen LogP contribution is -2.37. The Balaban J connectivity index is 1.33. The van der Waals surface area contributed by atoms with Gasteiger partial charge in [-0.15, -0.1) is 0 Å². The number of halogens is 1. The SMILES string of the molecule is CC(C)(C)OC(=O)N1Cc2nc(-c3c(F)cccc3C#N)cc(Cc3ccc(N4CCC5(CC(O)CO5)C4)cn3)c2C1=O. The second kappa shape index (κ2) is 10.7. The molecule has 3 aliphatic heterocycles. The first kappa shape index (κ1) is 28.7. The summed E-state index contributed by atoms with van der Waals surface area (Å²) in [7, 11) is 0. The van der Waals surface area contributed by atoms with Crippen molar-refractivity contribution in [3.05, 3.63) is 76.5 Å². The summed E-state index contributed by atoms with van der Waals surface area (Å²) in [6.45, 7) is 6.81. The molecule has 1 spiro atoms. The molecule has 5 heterocycles. The number of carbonyl (C=O) groups is 2. The van der Waals surface area contributed by atoms with E-state index in [-0.39, 0.29) is 41.0 Å². The lowest BCUT2D eigenvalue weighted by Gasteiger charge is -2.24. The summed E-state index contributed by atoms with van der Waals surface area (Å²) < 4.78 is 26.4. The van der Waals surface area contributed by atoms with Crippen LogP contribution in [-0.4, -0.2) is 69.0 Å². The van der Waals surface area contributed by atoms with E-state index >= 15 is 4.39 Å². The monoisotopic (exact) mass is 585 g/mol. The van der Waals surface area contributed by atoms with Crippen molar-refractivity contribution < 1.29 is 28.6 Å². The van der Waals surface area contributed by atoms with Gasteiger partial charge in [-0.25, -0.2) is 19.1 Å². The van der Waals surface area contributed by atoms with E-state index in [4.69, 9.17) is 9.47 Å². The number of imide groups is 1. The van der Waals surface area contributed by atoms with Crippen LogP contribution < -0.4 is 4.90 Å². The van der Waals surface area contributed by atoms with E-state index in [1.54, 1.807) is 33.0 Å². The zero-order chi connectivity index (χ0) is 30.5. The van der Waals surface area contributed by atoms with Crippen molar-refractivity contribution in [3.63, 3.8) is 0 Å². The average Bonchev–Trinajstić information content (AvgIpc) is 3.64. The van der Waals surface area contributed by atoms with Gasteiger partial charge in [0.2, 0.25) is 0 Å². The van der Waals surface area contributed by atoms with E-state index in [2.05, 4.69) is 14.9 Å². The summed E-state index contributed by atoms with van der Waals surface area (Å²) in [6, 6.07) is 11.6. The van der Waals surface area contributed by atoms with Crippen molar-refractivity contribution in [1.29, 1.82) is 5.26 Å². The molecular formula is C32H32FN5O5. The maximum absolute atomic E-state index is 15.0. The number of hydrogen-bond donors (Lipinski definition) is 1. The molecule has 0 radical (unpaired) electrons. The fourth-order valence-corrected chi connectivity index (χ4v) is 6.07. The molecule has 43 heavy (non-hydrogen) atoms. The number of ether oxygens (including phenoxy) is 2. The zero-order valence-electron chi connectivity index (χ0n) is 24.3. The molecule has 11 heteroatoms. The number of anilines is 1. The Morgan fingerprint density at radius 3 is 2.77 bits per heavy atom. The van der Waals surface area contributed by atoms with Gasteiger partial charge in [-0.1, -0.05) is 6.07 Å². The molecule has 2 aromatic heterocycles. The Kier molecular flexibility index (Phi) is 7.15. The lowest BCUT2D eigenvalue weighted by molar-refractivity contribution is 0.0185. The number of pyridine rings is 2. The van der Waals surface area contributed by atoms with Crippen LogP contribution in [0.2, 0.25) is 0 Å². The molecule has 1 aromatic carbocycles. The Morgan fingerprint density at radius 2 is 2.09 bits per heavy atom. The molecular weight excluding hydrogens is 553 g/mol. The summed E-state index contributed by atoms with van der Waals surface area (Å²) in [5, 5.41) is 19.6. The fourth-order valence-electron chi connectivity index (χ4n) is 6.07. The van der Waals surface area contributed by atoms with Crippen molar-refractivity contribution in [2.45, 2.75) is 63.9 Å². The number of aliphatic hydroxyl groups is 1. The highest BCUT2D eigenvalue weighted by atomic mass is 19.1. The Labute approximate surface area is 248 Å². The summed E-state index contributed by atoms with van der Waals surface area (Å²) in [4.78, 5) is 38.9. The largest absolute Gasteiger partial charge is 0.443 e. The molecule has 0 aliphatic carbocycles. The topological polar surface area (TPSA) is 129 Å². The first-order valence-electron chi connectivity index (χ1n) is 14.2. The van der Waals surface area contributed by atoms with Crippen LogP contribution >= 0.6 is 0 Å². The maximum Gasteiger partial charge on any atom is 0.417 e. The average molecular weight is 586 g/mol. The summed E-state index contributed by atoms with van der Waals surface area (Å²) in [5.74, 6) is -1.17. The van der Waals surface area contributed by atoms with Gasteiger partial charge < -0.3 is 19.5 Å². The minimum atomic E-state index is -0.813. The number of nitrogens with zero attached hydrogens (tertiary/aromatic N) is 5. The van der Waals surface area contributed by atoms with E-state index in [0.29, 0.717) is 36.5 Å². The third kappa shape index (κ3) is 5.56. The van der Waals surface area contributed by atoms with E-state index < -0.39 is 29.5 Å². The van der Waals surface area contributed by atoms with Gasteiger partial charge in [0.25, 0.3) is 5.91 Å². The molecule has 6 rings (SSSR count). The van der Waals surface area contributed by atoms with Crippen LogP contribution in [0.5, 0.6) is 0 Å². The number of carbonyl (C=O) groups excluding carboxylic acids is 2. The number of nitriles is 1. The maximum atomic E-state index is 15.0. The van der Waals surface area contributed by atoms with E-state index in [1.165, 1.54) is 18.2 Å². The molecule has 0 bridgehead atoms. The van der Waals surface area contributed by atoms with Gasteiger partial charge >= 0.3 is 6.09 Å². The fraction of sp³-hybridized carbons (Fsp3) is 0.406. The molecule has 3 aliphatic rings. The smallest absolute Gasteiger partial charge is 0.417 e. The lowest BCUT2D eigenvalue weighted by atomic mass is 9.97. The minimum absolute atomic E-state index is 0.0303. The van der Waals surface area contributed by atoms with Gasteiger partial charge in [-0.05, 0) is 63.1 Å². The highest BCUT2D eigenvalue weighted by molar-refractivity contribution is 6.07. The predicted molar refractivity (Wildman–Crippen MR) is 154 cm³/mol. The first-order chi connectivity index (χ1) is 20.4. The Bertz CT molecular complexity index is 1650. The van der Waals surface area contributed by atoms with E-state index in [0.717, 1.165) is 23.6 Å². The van der Waals surface area contributed by atoms with Crippen LogP contribution in [0.3, 0.4) is 0 Å². The highest BCUT2D eigenvalue weighted by Crippen LogP contribution is 2.37. The molecule has 0 saturated carbocycles. The highest BCUT2D eigenvalue weighted by Gasteiger charge is 2.45. The third-order valence-corrected chi connectivity index (χ3v) is 8.00. The van der Waals surface area contributed by atoms with Crippen LogP contribution in [0.15, 0.2) is 42.6 Å². The minimum Gasteiger partial charge on any atom is -0.443 e. The van der Waals surface area contributed by atoms with Gasteiger partial charge in [0.15, 0.2) is 0 Å². The number of aliphatic hydroxyl groups excluding tert-OH is 1. The number of amides is 2. The molecule has 3 aromatic rings. The second-order valence-electron chi connectivity index (χ2n) is 12.3. The normalized spacial score (nSPS) is 21.4. The standard InChI is InChI=1S/C32H32FN5O5/c1-31(2,3)43-30(41)38-16-26-28(29(38)40)20(12-25(36-26)27-19(14-34)5-4-6-24(27)33)11-21-7-8-22(15-35-21)37-10-9-32(18-37)13-23(39)17-42-32/h4-8,12,15,23,39H,9-11,13,16-18H2,1-3H3. The van der Waals surface area contributed by atoms with Crippen LogP contribution in [0.4, 0.5) is 14.9 Å². The molecule has 2 atom stereocenters. The molecule has 2 unspecified atom stereocenters. The van der Waals surface area contributed by atoms with Crippen molar-refractivity contribution >= 4 is 17.7 Å². The van der Waals surface area contributed by atoms with Gasteiger partial charge in [0.1, 0.15) is 11.4 Å². The van der Waals surface area contributed by atoms with Gasteiger partial charge in [-0.3, -0.25) is 9.78 Å². The number of hydrogen-bond acceptors (Lipinski definition) is 9. The molecule has 10 nitrogen and oxygen atoms in total. The molecule has 2 fully saturated rings. The van der Waals surface area contributed by atoms with Gasteiger partial charge in [0.05, 0.1) is 70.9 Å². The quantitative estimate of drug-likeness (QED) is 0.475. The van der Waals surface area contributed by atoms with Gasteiger partial charge in [0, 0.05) is 31.6 Å². The number of aromatic nitrogens is 2. The van der Waals surface area contributed by atoms with Crippen LogP contribution in [0.1, 0.15) is 66.5 Å². The molecule has 222 valence electrons. The summed E-state index contributed by atoms with van der Waals surface area (Å²) >= 11 is 0. The van der Waals surface area contributed by atoms with Crippen LogP contribution in [0.25, 0.3) is 11.3 Å². The van der Waals surface area contributed by atoms with Crippen molar-refractivity contribution in [2.75, 3.05) is 24.6 Å². The zero-order valence-corrected chi connectivity index (χ0v) is 24.3. The van der Waals surface area contributed by atoms with Crippen LogP contribution in [0, 0.1) is 17.1 Å². The molecule has 1 N–H and O–H groups in total. The predicted octanol–water partition coefficient (Wildman–Crippen LogP) is 4.37. The number of rotatable bonds is 4. The summed E-state index contributed by atoms with van der Waals surface area (Å²) in [5.41, 5.74) is 1.82. The summed E-state index contributed by atoms with van der Waals surface area (Å²) in [6.07, 6.45) is 2.19. The van der Waals surface area contributed by atoms with E-state index in [1.807, 2.05) is 18.2 Å². The van der Waals surface area contributed by atoms with Crippen molar-refractivity contribution in [1.82, 2.24) is 14.9 Å². The molecule has 2 amide bonds. The van der Waals surface area contributed by atoms with E-state index in [9.17, 15) is 20.0 Å². The van der Waals surface area contributed by atoms with Crippen molar-refractivity contribution in [3.8, 4) is 17.3 Å². The Morgan fingerprint density at radius 1 is 1.28 bits per heavy atom. The van der Waals surface area contributed by atoms with Crippen LogP contribution in [-0.2, 0) is 22.4 Å². The Hall–Kier alpha value is -4.40. The van der Waals surface area contributed by atoms with Gasteiger partial charge in [-0.2, -0.15) is 5.26 Å². The first-order valence-corrected chi connectivity index (χ1v) is 14.2. The van der Waals surface area contributed by atoms with Crippen molar-refractivity contribution in [2.24, 2.45) is 0 Å².